The molecule has 0 aliphatic carbocycles. The highest BCUT2D eigenvalue weighted by atomic mass is 32.1. The van der Waals surface area contributed by atoms with E-state index >= 15 is 0 Å². The summed E-state index contributed by atoms with van der Waals surface area (Å²) >= 11 is 3.63. The maximum atomic E-state index is 4.76. The molecule has 0 N–H and O–H groups in total. The molecule has 5 heteroatoms. The van der Waals surface area contributed by atoms with Crippen LogP contribution < -0.4 is 0 Å². The fraction of sp³-hybridized carbons (Fsp3) is 0.762. The molecule has 2 heterocycles. The molecule has 0 spiro atoms. The molecule has 0 atom stereocenters. The number of hydrogen-bond donors (Lipinski definition) is 0. The Morgan fingerprint density at radius 2 is 1.15 bits per heavy atom. The van der Waals surface area contributed by atoms with Crippen LogP contribution in [0.2, 0.25) is 0 Å². The number of thiazole rings is 1. The topological polar surface area (TPSA) is 38.7 Å². The van der Waals surface area contributed by atoms with Crippen LogP contribution in [0.15, 0.2) is 6.20 Å². The zero-order valence-electron chi connectivity index (χ0n) is 18.1. The molecule has 2 aromatic rings. The summed E-state index contributed by atoms with van der Waals surface area (Å²) in [4.78, 5) is 6.12. The van der Waals surface area contributed by atoms with Gasteiger partial charge in [0.25, 0.3) is 0 Å². The highest BCUT2D eigenvalue weighted by molar-refractivity contribution is 7.12. The molecule has 0 radical (unpaired) electrons. The van der Waals surface area contributed by atoms with Crippen molar-refractivity contribution in [3.8, 4) is 0 Å². The third-order valence-corrected chi connectivity index (χ3v) is 8.35. The van der Waals surface area contributed by atoms with Crippen molar-refractivity contribution in [2.75, 3.05) is 0 Å². The van der Waals surface area contributed by atoms with Crippen LogP contribution in [0, 0.1) is 0 Å². The van der Waals surface area contributed by atoms with E-state index in [2.05, 4.69) is 85.6 Å². The standard InChI is InChI=1S/C21H35N3S2/c1-18(2,3)14-13-22-16(25-14)20(7,8)11-12-21(9,10)17-24-23-15(26-17)19(4,5)6/h13H,11-12H2,1-10H3. The van der Waals surface area contributed by atoms with E-state index < -0.39 is 0 Å². The first-order valence-corrected chi connectivity index (χ1v) is 11.1. The summed E-state index contributed by atoms with van der Waals surface area (Å²) in [5, 5.41) is 12.5. The highest BCUT2D eigenvalue weighted by Gasteiger charge is 2.33. The molecule has 0 fully saturated rings. The molecular weight excluding hydrogens is 358 g/mol. The SMILES string of the molecule is CC(C)(C)c1cnc(C(C)(C)CCC(C)(C)c2nnc(C(C)(C)C)s2)s1. The van der Waals surface area contributed by atoms with Crippen LogP contribution in [0.1, 0.15) is 102 Å². The number of aromatic nitrogens is 3. The molecule has 2 aromatic heterocycles. The molecule has 0 saturated carbocycles. The van der Waals surface area contributed by atoms with Crippen molar-refractivity contribution in [3.63, 3.8) is 0 Å². The molecule has 0 aromatic carbocycles. The third-order valence-electron chi connectivity index (χ3n) is 4.84. The lowest BCUT2D eigenvalue weighted by molar-refractivity contribution is 0.371. The van der Waals surface area contributed by atoms with Gasteiger partial charge in [-0.2, -0.15) is 0 Å². The number of hydrogen-bond acceptors (Lipinski definition) is 5. The van der Waals surface area contributed by atoms with Gasteiger partial charge < -0.3 is 0 Å². The molecule has 0 aliphatic rings. The van der Waals surface area contributed by atoms with E-state index in [0.717, 1.165) is 22.9 Å². The normalized spacial score (nSPS) is 14.1. The lowest BCUT2D eigenvalue weighted by atomic mass is 9.79. The van der Waals surface area contributed by atoms with Crippen LogP contribution in [-0.4, -0.2) is 15.2 Å². The van der Waals surface area contributed by atoms with E-state index in [1.165, 1.54) is 9.88 Å². The Balaban J connectivity index is 2.12. The molecule has 0 saturated heterocycles. The summed E-state index contributed by atoms with van der Waals surface area (Å²) in [5.74, 6) is 0. The Morgan fingerprint density at radius 3 is 1.58 bits per heavy atom. The predicted octanol–water partition coefficient (Wildman–Crippen LogP) is 6.63. The summed E-state index contributed by atoms with van der Waals surface area (Å²) in [6.45, 7) is 22.6. The molecule has 3 nitrogen and oxygen atoms in total. The lowest BCUT2D eigenvalue weighted by Gasteiger charge is -2.28. The van der Waals surface area contributed by atoms with E-state index in [-0.39, 0.29) is 21.7 Å². The summed E-state index contributed by atoms with van der Waals surface area (Å²) in [7, 11) is 0. The Kier molecular flexibility index (Phi) is 5.76. The Labute approximate surface area is 167 Å². The second-order valence-electron chi connectivity index (χ2n) is 10.7. The highest BCUT2D eigenvalue weighted by Crippen LogP contribution is 2.40. The second-order valence-corrected chi connectivity index (χ2v) is 12.7. The minimum atomic E-state index is 0.0303. The van der Waals surface area contributed by atoms with Gasteiger partial charge in [-0.15, -0.1) is 32.9 Å². The average Bonchev–Trinajstić information content (AvgIpc) is 3.13. The zero-order valence-corrected chi connectivity index (χ0v) is 19.8. The van der Waals surface area contributed by atoms with Crippen LogP contribution >= 0.6 is 22.7 Å². The van der Waals surface area contributed by atoms with Gasteiger partial charge in [-0.05, 0) is 18.3 Å². The van der Waals surface area contributed by atoms with Crippen LogP contribution in [0.3, 0.4) is 0 Å². The average molecular weight is 394 g/mol. The maximum Gasteiger partial charge on any atom is 0.123 e. The molecule has 0 amide bonds. The van der Waals surface area contributed by atoms with Crippen LogP contribution in [0.4, 0.5) is 0 Å². The van der Waals surface area contributed by atoms with Gasteiger partial charge in [-0.25, -0.2) is 4.98 Å². The summed E-state index contributed by atoms with van der Waals surface area (Å²) in [6.07, 6.45) is 4.22. The minimum absolute atomic E-state index is 0.0303. The zero-order chi connectivity index (χ0) is 20.0. The smallest absolute Gasteiger partial charge is 0.123 e. The van der Waals surface area contributed by atoms with Gasteiger partial charge in [0.1, 0.15) is 10.0 Å². The minimum Gasteiger partial charge on any atom is -0.249 e. The summed E-state index contributed by atoms with van der Waals surface area (Å²) in [6, 6.07) is 0. The van der Waals surface area contributed by atoms with Gasteiger partial charge in [0.15, 0.2) is 0 Å². The van der Waals surface area contributed by atoms with Crippen LogP contribution in [-0.2, 0) is 21.7 Å². The van der Waals surface area contributed by atoms with Crippen molar-refractivity contribution < 1.29 is 0 Å². The number of rotatable bonds is 5. The van der Waals surface area contributed by atoms with Crippen molar-refractivity contribution in [1.29, 1.82) is 0 Å². The van der Waals surface area contributed by atoms with Crippen molar-refractivity contribution in [1.82, 2.24) is 15.2 Å². The molecule has 0 bridgehead atoms. The van der Waals surface area contributed by atoms with Gasteiger partial charge in [-0.1, -0.05) is 69.2 Å². The fourth-order valence-corrected chi connectivity index (χ4v) is 4.71. The summed E-state index contributed by atoms with van der Waals surface area (Å²) < 4.78 is 0. The number of nitrogens with zero attached hydrogens (tertiary/aromatic N) is 3. The van der Waals surface area contributed by atoms with Crippen molar-refractivity contribution >= 4 is 22.7 Å². The second kappa shape index (κ2) is 6.97. The fourth-order valence-electron chi connectivity index (χ4n) is 2.57. The third kappa shape index (κ3) is 4.92. The van der Waals surface area contributed by atoms with Crippen LogP contribution in [0.5, 0.6) is 0 Å². The van der Waals surface area contributed by atoms with Crippen LogP contribution in [0.25, 0.3) is 0 Å². The van der Waals surface area contributed by atoms with Crippen molar-refractivity contribution in [2.45, 2.75) is 104 Å². The molecule has 2 rings (SSSR count). The first-order chi connectivity index (χ1) is 11.6. The Bertz CT molecular complexity index is 676. The molecular formula is C21H35N3S2. The van der Waals surface area contributed by atoms with E-state index in [0.29, 0.717) is 0 Å². The van der Waals surface area contributed by atoms with Gasteiger partial charge in [0, 0.05) is 27.3 Å². The van der Waals surface area contributed by atoms with Gasteiger partial charge >= 0.3 is 0 Å². The first-order valence-electron chi connectivity index (χ1n) is 9.44. The monoisotopic (exact) mass is 393 g/mol. The van der Waals surface area contributed by atoms with Crippen molar-refractivity contribution in [3.05, 3.63) is 26.1 Å². The molecule has 0 aliphatic heterocycles. The largest absolute Gasteiger partial charge is 0.249 e. The van der Waals surface area contributed by atoms with Gasteiger partial charge in [-0.3, -0.25) is 0 Å². The van der Waals surface area contributed by atoms with Gasteiger partial charge in [0.2, 0.25) is 0 Å². The molecule has 0 unspecified atom stereocenters. The van der Waals surface area contributed by atoms with Crippen molar-refractivity contribution in [2.24, 2.45) is 0 Å². The lowest BCUT2D eigenvalue weighted by Crippen LogP contribution is -2.24. The maximum absolute atomic E-state index is 4.76. The molecule has 26 heavy (non-hydrogen) atoms. The van der Waals surface area contributed by atoms with Gasteiger partial charge in [0.05, 0.1) is 5.01 Å². The predicted molar refractivity (Wildman–Crippen MR) is 115 cm³/mol. The van der Waals surface area contributed by atoms with E-state index in [1.54, 1.807) is 11.3 Å². The quantitative estimate of drug-likeness (QED) is 0.572. The van der Waals surface area contributed by atoms with E-state index in [1.807, 2.05) is 11.3 Å². The van der Waals surface area contributed by atoms with E-state index in [9.17, 15) is 0 Å². The Hall–Kier alpha value is -0.810. The summed E-state index contributed by atoms with van der Waals surface area (Å²) in [5.41, 5.74) is 0.336. The first kappa shape index (κ1) is 21.5. The molecule has 146 valence electrons. The Morgan fingerprint density at radius 1 is 0.654 bits per heavy atom. The van der Waals surface area contributed by atoms with E-state index in [4.69, 9.17) is 4.98 Å².